The first-order valence-electron chi connectivity index (χ1n) is 3.55. The zero-order chi connectivity index (χ0) is 8.10. The maximum Gasteiger partial charge on any atom is 0.169 e. The van der Waals surface area contributed by atoms with E-state index in [1.54, 1.807) is 0 Å². The van der Waals surface area contributed by atoms with Crippen molar-refractivity contribution in [2.45, 2.75) is 13.5 Å². The molecule has 0 aliphatic rings. The number of nitrogens with zero attached hydrogens (tertiary/aromatic N) is 1. The first-order chi connectivity index (χ1) is 5.29. The van der Waals surface area contributed by atoms with Gasteiger partial charge < -0.3 is 12.4 Å². The highest BCUT2D eigenvalue weighted by Crippen LogP contribution is 1.95. The van der Waals surface area contributed by atoms with Crippen molar-refractivity contribution in [1.29, 1.82) is 0 Å². The van der Waals surface area contributed by atoms with Crippen molar-refractivity contribution in [1.82, 2.24) is 0 Å². The van der Waals surface area contributed by atoms with Gasteiger partial charge in [0.2, 0.25) is 0 Å². The second kappa shape index (κ2) is 6.04. The molecule has 1 aromatic rings. The molecule has 1 nitrogen and oxygen atoms in total. The van der Waals surface area contributed by atoms with Crippen LogP contribution in [-0.4, -0.2) is 0 Å². The monoisotopic (exact) mass is 203 g/mol. The van der Waals surface area contributed by atoms with Gasteiger partial charge in [-0.3, -0.25) is 0 Å². The van der Waals surface area contributed by atoms with Crippen LogP contribution in [0.25, 0.3) is 0 Å². The molecule has 0 saturated heterocycles. The summed E-state index contributed by atoms with van der Waals surface area (Å²) in [4.78, 5) is 0. The normalized spacial score (nSPS) is 10.7. The Morgan fingerprint density at radius 2 is 1.92 bits per heavy atom. The van der Waals surface area contributed by atoms with Crippen molar-refractivity contribution in [2.75, 3.05) is 0 Å². The topological polar surface area (TPSA) is 3.88 Å². The Labute approximate surface area is 84.1 Å². The summed E-state index contributed by atoms with van der Waals surface area (Å²) in [7, 11) is 0. The molecular weight excluding hydrogens is 193 g/mol. The standard InChI is InChI=1S/C9H11ClN.ClH/c1-9(10)5-8-11-6-3-2-4-7-11;/h2-7H,8H2,1H3;1H/q+1;/p-1/b9-5-;. The Bertz CT molecular complexity index is 240. The average molecular weight is 204 g/mol. The Morgan fingerprint density at radius 3 is 2.42 bits per heavy atom. The molecule has 0 aromatic carbocycles. The van der Waals surface area contributed by atoms with E-state index in [1.807, 2.05) is 43.6 Å². The number of rotatable bonds is 2. The predicted octanol–water partition coefficient (Wildman–Crippen LogP) is -0.879. The number of allylic oxidation sites excluding steroid dienone is 2. The van der Waals surface area contributed by atoms with E-state index in [0.29, 0.717) is 0 Å². The minimum absolute atomic E-state index is 0. The minimum Gasteiger partial charge on any atom is -1.00 e. The lowest BCUT2D eigenvalue weighted by molar-refractivity contribution is -0.687. The second-order valence-electron chi connectivity index (χ2n) is 2.36. The molecule has 0 amide bonds. The van der Waals surface area contributed by atoms with E-state index in [1.165, 1.54) is 0 Å². The SMILES string of the molecule is C/C(Cl)=C/C[n+]1ccccc1.[Cl-]. The maximum atomic E-state index is 5.68. The summed E-state index contributed by atoms with van der Waals surface area (Å²) in [6.07, 6.45) is 5.99. The highest BCUT2D eigenvalue weighted by Gasteiger charge is 1.92. The predicted molar refractivity (Wildman–Crippen MR) is 46.2 cm³/mol. The van der Waals surface area contributed by atoms with Crippen molar-refractivity contribution in [2.24, 2.45) is 0 Å². The van der Waals surface area contributed by atoms with Gasteiger partial charge in [0.05, 0.1) is 0 Å². The van der Waals surface area contributed by atoms with Crippen molar-refractivity contribution in [3.8, 4) is 0 Å². The number of aromatic nitrogens is 1. The molecule has 0 radical (unpaired) electrons. The fourth-order valence-corrected chi connectivity index (χ4v) is 0.856. The van der Waals surface area contributed by atoms with Crippen LogP contribution in [0.1, 0.15) is 6.92 Å². The third-order valence-electron chi connectivity index (χ3n) is 1.36. The van der Waals surface area contributed by atoms with Gasteiger partial charge in [-0.2, -0.15) is 0 Å². The van der Waals surface area contributed by atoms with Gasteiger partial charge in [-0.25, -0.2) is 4.57 Å². The van der Waals surface area contributed by atoms with Crippen molar-refractivity contribution in [3.63, 3.8) is 0 Å². The summed E-state index contributed by atoms with van der Waals surface area (Å²) in [5.41, 5.74) is 0. The van der Waals surface area contributed by atoms with Crippen molar-refractivity contribution >= 4 is 11.6 Å². The van der Waals surface area contributed by atoms with Gasteiger partial charge in [0, 0.05) is 17.2 Å². The first-order valence-corrected chi connectivity index (χ1v) is 3.93. The highest BCUT2D eigenvalue weighted by atomic mass is 35.5. The molecule has 0 N–H and O–H groups in total. The van der Waals surface area contributed by atoms with Gasteiger partial charge in [-0.05, 0) is 13.0 Å². The Hall–Kier alpha value is -0.530. The van der Waals surface area contributed by atoms with Gasteiger partial charge in [0.1, 0.15) is 0 Å². The van der Waals surface area contributed by atoms with E-state index in [-0.39, 0.29) is 12.4 Å². The fourth-order valence-electron chi connectivity index (χ4n) is 0.787. The zero-order valence-electron chi connectivity index (χ0n) is 6.87. The van der Waals surface area contributed by atoms with Crippen LogP contribution in [-0.2, 0) is 6.54 Å². The van der Waals surface area contributed by atoms with Crippen LogP contribution in [0.15, 0.2) is 41.7 Å². The molecule has 1 heterocycles. The van der Waals surface area contributed by atoms with E-state index in [2.05, 4.69) is 4.57 Å². The van der Waals surface area contributed by atoms with Crippen LogP contribution in [0, 0.1) is 0 Å². The van der Waals surface area contributed by atoms with E-state index < -0.39 is 0 Å². The zero-order valence-corrected chi connectivity index (χ0v) is 8.39. The van der Waals surface area contributed by atoms with E-state index in [0.717, 1.165) is 11.6 Å². The van der Waals surface area contributed by atoms with Crippen LogP contribution in [0.5, 0.6) is 0 Å². The lowest BCUT2D eigenvalue weighted by Crippen LogP contribution is -3.00. The molecule has 0 aliphatic heterocycles. The molecule has 0 unspecified atom stereocenters. The number of hydrogen-bond donors (Lipinski definition) is 0. The van der Waals surface area contributed by atoms with Gasteiger partial charge in [-0.1, -0.05) is 17.7 Å². The lowest BCUT2D eigenvalue weighted by atomic mass is 10.4. The van der Waals surface area contributed by atoms with Crippen molar-refractivity contribution < 1.29 is 17.0 Å². The molecule has 0 bridgehead atoms. The molecule has 1 rings (SSSR count). The highest BCUT2D eigenvalue weighted by molar-refractivity contribution is 6.29. The van der Waals surface area contributed by atoms with Gasteiger partial charge in [0.15, 0.2) is 18.9 Å². The summed E-state index contributed by atoms with van der Waals surface area (Å²) >= 11 is 5.68. The smallest absolute Gasteiger partial charge is 0.169 e. The van der Waals surface area contributed by atoms with Crippen LogP contribution in [0.4, 0.5) is 0 Å². The maximum absolute atomic E-state index is 5.68. The fraction of sp³-hybridized carbons (Fsp3) is 0.222. The van der Waals surface area contributed by atoms with Crippen LogP contribution in [0.3, 0.4) is 0 Å². The van der Waals surface area contributed by atoms with Crippen LogP contribution in [0.2, 0.25) is 0 Å². The molecule has 66 valence electrons. The van der Waals surface area contributed by atoms with Gasteiger partial charge in [0.25, 0.3) is 0 Å². The summed E-state index contributed by atoms with van der Waals surface area (Å²) in [5, 5.41) is 0.835. The summed E-state index contributed by atoms with van der Waals surface area (Å²) in [5.74, 6) is 0. The quantitative estimate of drug-likeness (QED) is 0.551. The minimum atomic E-state index is 0. The molecule has 0 atom stereocenters. The number of pyridine rings is 1. The van der Waals surface area contributed by atoms with Crippen LogP contribution < -0.4 is 17.0 Å². The Morgan fingerprint density at radius 1 is 1.33 bits per heavy atom. The molecule has 3 heteroatoms. The molecule has 0 fully saturated rings. The largest absolute Gasteiger partial charge is 1.00 e. The van der Waals surface area contributed by atoms with Gasteiger partial charge in [-0.15, -0.1) is 0 Å². The molecular formula is C9H11Cl2N. The van der Waals surface area contributed by atoms with E-state index in [4.69, 9.17) is 11.6 Å². The Balaban J connectivity index is 0.00000121. The average Bonchev–Trinajstić information content (AvgIpc) is 2.03. The second-order valence-corrected chi connectivity index (χ2v) is 2.96. The Kier molecular flexibility index (Phi) is 5.77. The summed E-state index contributed by atoms with van der Waals surface area (Å²) in [6.45, 7) is 2.72. The lowest BCUT2D eigenvalue weighted by Gasteiger charge is -1.89. The van der Waals surface area contributed by atoms with Crippen molar-refractivity contribution in [3.05, 3.63) is 41.7 Å². The molecule has 1 aromatic heterocycles. The van der Waals surface area contributed by atoms with Gasteiger partial charge >= 0.3 is 0 Å². The molecule has 0 saturated carbocycles. The summed E-state index contributed by atoms with van der Waals surface area (Å²) < 4.78 is 2.06. The third-order valence-corrected chi connectivity index (χ3v) is 1.51. The number of halogens is 2. The van der Waals surface area contributed by atoms with E-state index in [9.17, 15) is 0 Å². The first kappa shape index (κ1) is 11.5. The summed E-state index contributed by atoms with van der Waals surface area (Å²) in [6, 6.07) is 5.99. The van der Waals surface area contributed by atoms with E-state index >= 15 is 0 Å². The number of hydrogen-bond acceptors (Lipinski definition) is 0. The molecule has 12 heavy (non-hydrogen) atoms. The molecule has 0 aliphatic carbocycles. The van der Waals surface area contributed by atoms with Crippen LogP contribution >= 0.6 is 11.6 Å². The molecule has 0 spiro atoms. The third kappa shape index (κ3) is 4.37.